The van der Waals surface area contributed by atoms with Crippen molar-refractivity contribution < 1.29 is 15.3 Å². The topological polar surface area (TPSA) is 80.8 Å². The van der Waals surface area contributed by atoms with Crippen molar-refractivity contribution in [2.45, 2.75) is 0 Å². The average Bonchev–Trinajstić information content (AvgIpc) is 2.27. The van der Waals surface area contributed by atoms with Gasteiger partial charge in [0.2, 0.25) is 5.69 Å². The molecule has 0 amide bonds. The highest BCUT2D eigenvalue weighted by atomic mass is 16.8. The molecule has 2 aromatic carbocycles. The highest BCUT2D eigenvalue weighted by Crippen LogP contribution is 2.27. The Kier molecular flexibility index (Phi) is 2.53. The largest absolute Gasteiger partial charge is 0.595 e. The molecule has 1 atom stereocenters. The zero-order valence-electron chi connectivity index (χ0n) is 7.73. The van der Waals surface area contributed by atoms with Gasteiger partial charge < -0.3 is 15.9 Å². The molecule has 0 saturated heterocycles. The van der Waals surface area contributed by atoms with Gasteiger partial charge in [-0.3, -0.25) is 0 Å². The minimum Gasteiger partial charge on any atom is -0.595 e. The summed E-state index contributed by atoms with van der Waals surface area (Å²) >= 11 is 0. The molecule has 3 N–H and O–H groups in total. The molecule has 0 fully saturated rings. The number of benzene rings is 2. The first kappa shape index (κ1) is 9.88. The molecule has 15 heavy (non-hydrogen) atoms. The maximum absolute atomic E-state index is 10.9. The van der Waals surface area contributed by atoms with Crippen molar-refractivity contribution in [3.05, 3.63) is 47.5 Å². The summed E-state index contributed by atoms with van der Waals surface area (Å²) in [4.78, 5) is 4.28. The normalized spacial score (nSPS) is 12.7. The quantitative estimate of drug-likeness (QED) is 0.730. The summed E-state index contributed by atoms with van der Waals surface area (Å²) in [6, 6.07) is 10.4. The molecule has 1 unspecified atom stereocenters. The van der Waals surface area contributed by atoms with Crippen LogP contribution in [0.15, 0.2) is 36.4 Å². The minimum absolute atomic E-state index is 0.00343. The number of hydrogen-bond acceptors (Lipinski definition) is 3. The molecule has 2 aromatic rings. The van der Waals surface area contributed by atoms with Crippen LogP contribution in [0.25, 0.3) is 16.7 Å². The van der Waals surface area contributed by atoms with Gasteiger partial charge in [-0.1, -0.05) is 24.3 Å². The SMILES string of the molecule is [NH-]Oc1cc2ccccc2cc1[NH+]([O-])O. The Morgan fingerprint density at radius 2 is 1.80 bits per heavy atom. The van der Waals surface area contributed by atoms with Crippen LogP contribution in [0, 0.1) is 5.21 Å². The lowest BCUT2D eigenvalue weighted by atomic mass is 10.1. The van der Waals surface area contributed by atoms with E-state index in [1.807, 2.05) is 24.3 Å². The van der Waals surface area contributed by atoms with Crippen molar-refractivity contribution in [2.75, 3.05) is 0 Å². The van der Waals surface area contributed by atoms with E-state index in [0.29, 0.717) is 0 Å². The molecule has 0 aromatic heterocycles. The van der Waals surface area contributed by atoms with Crippen molar-refractivity contribution >= 4 is 16.5 Å². The van der Waals surface area contributed by atoms with Crippen LogP contribution in [0.1, 0.15) is 0 Å². The molecule has 0 aliphatic heterocycles. The lowest BCUT2D eigenvalue weighted by molar-refractivity contribution is -0.991. The summed E-state index contributed by atoms with van der Waals surface area (Å²) in [5, 5.41) is 20.3. The van der Waals surface area contributed by atoms with Gasteiger partial charge in [-0.15, -0.1) is 0 Å². The smallest absolute Gasteiger partial charge is 0.205 e. The number of fused-ring (bicyclic) bond motifs is 1. The highest BCUT2D eigenvalue weighted by Gasteiger charge is 2.09. The number of rotatable bonds is 2. The number of hydrogen-bond donors (Lipinski definition) is 2. The predicted molar refractivity (Wildman–Crippen MR) is 54.7 cm³/mol. The van der Waals surface area contributed by atoms with Crippen LogP contribution in [0.2, 0.25) is 0 Å². The molecule has 5 heteroatoms. The monoisotopic (exact) mass is 205 g/mol. The van der Waals surface area contributed by atoms with Crippen LogP contribution in [0.3, 0.4) is 0 Å². The second kappa shape index (κ2) is 3.84. The van der Waals surface area contributed by atoms with Gasteiger partial charge >= 0.3 is 0 Å². The van der Waals surface area contributed by atoms with E-state index in [1.165, 1.54) is 6.07 Å². The van der Waals surface area contributed by atoms with E-state index in [1.54, 1.807) is 6.07 Å². The van der Waals surface area contributed by atoms with E-state index < -0.39 is 5.23 Å². The number of quaternary nitrogens is 1. The van der Waals surface area contributed by atoms with Gasteiger partial charge in [0.25, 0.3) is 0 Å². The van der Waals surface area contributed by atoms with E-state index in [0.717, 1.165) is 10.8 Å². The lowest BCUT2D eigenvalue weighted by Gasteiger charge is -2.18. The number of nitrogens with one attached hydrogen (secondary N) is 2. The van der Waals surface area contributed by atoms with Crippen molar-refractivity contribution in [1.82, 2.24) is 0 Å². The van der Waals surface area contributed by atoms with Gasteiger partial charge in [-0.05, 0) is 16.8 Å². The molecule has 78 valence electrons. The zero-order valence-corrected chi connectivity index (χ0v) is 7.73. The Bertz CT molecular complexity index is 485. The predicted octanol–water partition coefficient (Wildman–Crippen LogP) is 1.59. The van der Waals surface area contributed by atoms with Gasteiger partial charge in [0, 0.05) is 6.07 Å². The van der Waals surface area contributed by atoms with Crippen molar-refractivity contribution in [1.29, 1.82) is 0 Å². The molecule has 5 nitrogen and oxygen atoms in total. The van der Waals surface area contributed by atoms with Crippen molar-refractivity contribution in [3.63, 3.8) is 0 Å². The Balaban J connectivity index is 2.69. The molecule has 0 aliphatic carbocycles. The van der Waals surface area contributed by atoms with Gasteiger partial charge in [-0.25, -0.2) is 5.21 Å². The average molecular weight is 205 g/mol. The summed E-state index contributed by atoms with van der Waals surface area (Å²) in [5.41, 5.74) is 0.00343. The molecule has 0 spiro atoms. The molecule has 0 saturated carbocycles. The summed E-state index contributed by atoms with van der Waals surface area (Å²) in [7, 11) is 0. The van der Waals surface area contributed by atoms with Crippen LogP contribution >= 0.6 is 0 Å². The summed E-state index contributed by atoms with van der Waals surface area (Å²) < 4.78 is 0. The second-order valence-corrected chi connectivity index (χ2v) is 3.10. The Morgan fingerprint density at radius 3 is 2.33 bits per heavy atom. The fourth-order valence-electron chi connectivity index (χ4n) is 1.47. The first-order chi connectivity index (χ1) is 7.22. The fourth-order valence-corrected chi connectivity index (χ4v) is 1.47. The zero-order chi connectivity index (χ0) is 10.8. The molecular formula is C10H9N2O3-. The van der Waals surface area contributed by atoms with Crippen LogP contribution in [-0.4, -0.2) is 5.21 Å². The third-order valence-corrected chi connectivity index (χ3v) is 2.19. The highest BCUT2D eigenvalue weighted by molar-refractivity contribution is 5.87. The van der Waals surface area contributed by atoms with E-state index in [9.17, 15) is 5.21 Å². The van der Waals surface area contributed by atoms with Gasteiger partial charge in [0.15, 0.2) is 5.75 Å². The maximum Gasteiger partial charge on any atom is 0.205 e. The first-order valence-corrected chi connectivity index (χ1v) is 4.32. The van der Waals surface area contributed by atoms with Crippen molar-refractivity contribution in [2.24, 2.45) is 0 Å². The van der Waals surface area contributed by atoms with Crippen LogP contribution < -0.4 is 10.1 Å². The lowest BCUT2D eigenvalue weighted by Crippen LogP contribution is -2.99. The standard InChI is InChI=1S/C10H9N2O3/c11-15-10-6-8-4-2-1-3-7(8)5-9(10)12(13)14/h1-6,11-13H/q-1. The van der Waals surface area contributed by atoms with E-state index in [4.69, 9.17) is 11.1 Å². The van der Waals surface area contributed by atoms with Gasteiger partial charge in [0.05, 0.1) is 0 Å². The summed E-state index contributed by atoms with van der Waals surface area (Å²) in [6.07, 6.45) is 0. The van der Waals surface area contributed by atoms with E-state index >= 15 is 0 Å². The van der Waals surface area contributed by atoms with Crippen LogP contribution in [0.4, 0.5) is 5.69 Å². The van der Waals surface area contributed by atoms with Gasteiger partial charge in [-0.2, -0.15) is 5.23 Å². The summed E-state index contributed by atoms with van der Waals surface area (Å²) in [5.74, 6) is 6.85. The third-order valence-electron chi connectivity index (χ3n) is 2.19. The molecule has 0 heterocycles. The molecule has 0 aliphatic rings. The fraction of sp³-hybridized carbons (Fsp3) is 0. The maximum atomic E-state index is 10.9. The van der Waals surface area contributed by atoms with Crippen LogP contribution in [0.5, 0.6) is 5.75 Å². The second-order valence-electron chi connectivity index (χ2n) is 3.10. The van der Waals surface area contributed by atoms with E-state index in [2.05, 4.69) is 4.84 Å². The molecule has 0 radical (unpaired) electrons. The molecular weight excluding hydrogens is 196 g/mol. The van der Waals surface area contributed by atoms with E-state index in [-0.39, 0.29) is 11.4 Å². The summed E-state index contributed by atoms with van der Waals surface area (Å²) in [6.45, 7) is 0. The van der Waals surface area contributed by atoms with Crippen LogP contribution in [-0.2, 0) is 0 Å². The molecule has 2 rings (SSSR count). The minimum atomic E-state index is -1.09. The van der Waals surface area contributed by atoms with Crippen molar-refractivity contribution in [3.8, 4) is 5.75 Å². The Hall–Kier alpha value is -1.66. The van der Waals surface area contributed by atoms with Gasteiger partial charge in [0.1, 0.15) is 0 Å². The molecule has 0 bridgehead atoms. The Labute approximate surface area is 85.8 Å². The Morgan fingerprint density at radius 1 is 1.20 bits per heavy atom. The third kappa shape index (κ3) is 1.77. The first-order valence-electron chi connectivity index (χ1n) is 4.32.